The molecule has 1 amide bonds. The van der Waals surface area contributed by atoms with E-state index >= 15 is 0 Å². The average Bonchev–Trinajstić information content (AvgIpc) is 2.24. The molecule has 0 aromatic rings. The Kier molecular flexibility index (Phi) is 4.44. The fourth-order valence-corrected chi connectivity index (χ4v) is 3.43. The highest BCUT2D eigenvalue weighted by Gasteiger charge is 2.60. The van der Waals surface area contributed by atoms with Crippen molar-refractivity contribution in [2.75, 3.05) is 13.7 Å². The third-order valence-electron chi connectivity index (χ3n) is 4.38. The zero-order valence-electron chi connectivity index (χ0n) is 12.5. The van der Waals surface area contributed by atoms with Gasteiger partial charge in [-0.3, -0.25) is 4.79 Å². The van der Waals surface area contributed by atoms with E-state index < -0.39 is 0 Å². The van der Waals surface area contributed by atoms with Crippen molar-refractivity contribution in [2.24, 2.45) is 22.5 Å². The van der Waals surface area contributed by atoms with Crippen LogP contribution in [-0.2, 0) is 9.53 Å². The first-order chi connectivity index (χ1) is 8.14. The van der Waals surface area contributed by atoms with Crippen LogP contribution in [0.2, 0.25) is 0 Å². The molecule has 0 aliphatic heterocycles. The summed E-state index contributed by atoms with van der Waals surface area (Å²) in [5.41, 5.74) is 6.10. The monoisotopic (exact) mass is 256 g/mol. The van der Waals surface area contributed by atoms with Crippen molar-refractivity contribution >= 4 is 5.91 Å². The maximum absolute atomic E-state index is 12.0. The molecule has 1 rings (SSSR count). The molecule has 1 aliphatic carbocycles. The molecule has 4 heteroatoms. The number of methoxy groups -OCH3 is 1. The van der Waals surface area contributed by atoms with Crippen LogP contribution in [0.1, 0.15) is 41.0 Å². The average molecular weight is 256 g/mol. The van der Waals surface area contributed by atoms with Crippen molar-refractivity contribution in [1.29, 1.82) is 0 Å². The first-order valence-electron chi connectivity index (χ1n) is 6.68. The van der Waals surface area contributed by atoms with Gasteiger partial charge in [0.2, 0.25) is 5.91 Å². The molecule has 18 heavy (non-hydrogen) atoms. The highest BCUT2D eigenvalue weighted by Crippen LogP contribution is 2.52. The molecule has 0 bridgehead atoms. The van der Waals surface area contributed by atoms with Crippen molar-refractivity contribution in [1.82, 2.24) is 5.32 Å². The zero-order valence-corrected chi connectivity index (χ0v) is 12.5. The number of rotatable bonds is 5. The predicted octanol–water partition coefficient (Wildman–Crippen LogP) is 1.54. The maximum Gasteiger partial charge on any atom is 0.220 e. The number of hydrogen-bond acceptors (Lipinski definition) is 3. The van der Waals surface area contributed by atoms with Gasteiger partial charge in [0.15, 0.2) is 0 Å². The maximum atomic E-state index is 12.0. The quantitative estimate of drug-likeness (QED) is 0.784. The first-order valence-corrected chi connectivity index (χ1v) is 6.68. The number of ether oxygens (including phenoxy) is 1. The second kappa shape index (κ2) is 5.17. The van der Waals surface area contributed by atoms with E-state index in [2.05, 4.69) is 33.0 Å². The fraction of sp³-hybridized carbons (Fsp3) is 0.929. The van der Waals surface area contributed by atoms with Crippen LogP contribution >= 0.6 is 0 Å². The molecule has 0 aromatic carbocycles. The van der Waals surface area contributed by atoms with Gasteiger partial charge in [-0.05, 0) is 5.92 Å². The van der Waals surface area contributed by atoms with Gasteiger partial charge >= 0.3 is 0 Å². The minimum Gasteiger partial charge on any atom is -0.384 e. The molecule has 1 atom stereocenters. The number of carbonyl (C=O) groups is 1. The molecule has 0 radical (unpaired) electrons. The van der Waals surface area contributed by atoms with Crippen molar-refractivity contribution < 1.29 is 9.53 Å². The van der Waals surface area contributed by atoms with E-state index in [1.165, 1.54) is 0 Å². The lowest BCUT2D eigenvalue weighted by molar-refractivity contribution is -0.133. The van der Waals surface area contributed by atoms with Crippen LogP contribution in [0.3, 0.4) is 0 Å². The van der Waals surface area contributed by atoms with Crippen LogP contribution in [0.15, 0.2) is 0 Å². The largest absolute Gasteiger partial charge is 0.384 e. The lowest BCUT2D eigenvalue weighted by Crippen LogP contribution is -2.76. The molecular weight excluding hydrogens is 228 g/mol. The van der Waals surface area contributed by atoms with E-state index in [4.69, 9.17) is 10.5 Å². The lowest BCUT2D eigenvalue weighted by Gasteiger charge is -2.63. The number of amides is 1. The number of nitrogens with two attached hydrogens (primary N) is 1. The van der Waals surface area contributed by atoms with Gasteiger partial charge in [-0.2, -0.15) is 0 Å². The van der Waals surface area contributed by atoms with E-state index in [0.29, 0.717) is 13.0 Å². The van der Waals surface area contributed by atoms with Gasteiger partial charge < -0.3 is 15.8 Å². The standard InChI is InChI=1S/C14H28N2O2/c1-9(8-18-6)7-10(17)16-12-13(2,3)11(15)14(12,4)5/h9,11-12H,7-8,15H2,1-6H3,(H,16,17). The second-order valence-corrected chi connectivity index (χ2v) is 6.89. The highest BCUT2D eigenvalue weighted by molar-refractivity contribution is 5.77. The van der Waals surface area contributed by atoms with Gasteiger partial charge in [0.1, 0.15) is 0 Å². The molecule has 3 N–H and O–H groups in total. The van der Waals surface area contributed by atoms with Gasteiger partial charge in [-0.15, -0.1) is 0 Å². The fourth-order valence-electron chi connectivity index (χ4n) is 3.43. The van der Waals surface area contributed by atoms with Crippen molar-refractivity contribution in [2.45, 2.75) is 53.1 Å². The zero-order chi connectivity index (χ0) is 14.1. The summed E-state index contributed by atoms with van der Waals surface area (Å²) in [6.07, 6.45) is 0.506. The Balaban J connectivity index is 2.55. The Morgan fingerprint density at radius 2 is 1.83 bits per heavy atom. The summed E-state index contributed by atoms with van der Waals surface area (Å²) in [4.78, 5) is 12.0. The Morgan fingerprint density at radius 3 is 2.28 bits per heavy atom. The van der Waals surface area contributed by atoms with Gasteiger partial charge in [-0.25, -0.2) is 0 Å². The molecule has 0 heterocycles. The summed E-state index contributed by atoms with van der Waals surface area (Å²) >= 11 is 0. The predicted molar refractivity (Wildman–Crippen MR) is 73.1 cm³/mol. The Hall–Kier alpha value is -0.610. The Morgan fingerprint density at radius 1 is 1.33 bits per heavy atom. The lowest BCUT2D eigenvalue weighted by atomic mass is 9.48. The summed E-state index contributed by atoms with van der Waals surface area (Å²) in [7, 11) is 1.66. The molecule has 4 nitrogen and oxygen atoms in total. The number of nitrogens with one attached hydrogen (secondary N) is 1. The van der Waals surface area contributed by atoms with Crippen LogP contribution in [-0.4, -0.2) is 31.7 Å². The van der Waals surface area contributed by atoms with Crippen LogP contribution in [0.5, 0.6) is 0 Å². The van der Waals surface area contributed by atoms with Crippen molar-refractivity contribution in [3.05, 3.63) is 0 Å². The molecular formula is C14H28N2O2. The topological polar surface area (TPSA) is 64.3 Å². The van der Waals surface area contributed by atoms with E-state index in [1.54, 1.807) is 7.11 Å². The van der Waals surface area contributed by atoms with Crippen LogP contribution in [0.4, 0.5) is 0 Å². The van der Waals surface area contributed by atoms with E-state index in [1.807, 2.05) is 6.92 Å². The van der Waals surface area contributed by atoms with Gasteiger partial charge in [-0.1, -0.05) is 34.6 Å². The molecule has 106 valence electrons. The van der Waals surface area contributed by atoms with E-state index in [-0.39, 0.29) is 34.7 Å². The van der Waals surface area contributed by atoms with E-state index in [9.17, 15) is 4.79 Å². The van der Waals surface area contributed by atoms with Gasteiger partial charge in [0, 0.05) is 43.1 Å². The molecule has 1 saturated carbocycles. The normalized spacial score (nSPS) is 30.4. The Labute approximate surface area is 111 Å². The van der Waals surface area contributed by atoms with Crippen LogP contribution in [0, 0.1) is 16.7 Å². The smallest absolute Gasteiger partial charge is 0.220 e. The van der Waals surface area contributed by atoms with Crippen LogP contribution < -0.4 is 11.1 Å². The van der Waals surface area contributed by atoms with E-state index in [0.717, 1.165) is 0 Å². The number of hydrogen-bond donors (Lipinski definition) is 2. The molecule has 0 aromatic heterocycles. The van der Waals surface area contributed by atoms with Crippen LogP contribution in [0.25, 0.3) is 0 Å². The molecule has 0 saturated heterocycles. The SMILES string of the molecule is COCC(C)CC(=O)NC1C(C)(C)C(N)C1(C)C. The summed E-state index contributed by atoms with van der Waals surface area (Å²) in [5.74, 6) is 0.340. The van der Waals surface area contributed by atoms with Gasteiger partial charge in [0.25, 0.3) is 0 Å². The first kappa shape index (κ1) is 15.4. The number of carbonyl (C=O) groups excluding carboxylic acids is 1. The molecule has 0 spiro atoms. The molecule has 1 fully saturated rings. The minimum atomic E-state index is -0.0380. The Bertz CT molecular complexity index is 297. The molecule has 1 aliphatic rings. The summed E-state index contributed by atoms with van der Waals surface area (Å²) < 4.78 is 5.05. The van der Waals surface area contributed by atoms with Crippen molar-refractivity contribution in [3.63, 3.8) is 0 Å². The molecule has 1 unspecified atom stereocenters. The van der Waals surface area contributed by atoms with Crippen molar-refractivity contribution in [3.8, 4) is 0 Å². The third-order valence-corrected chi connectivity index (χ3v) is 4.38. The minimum absolute atomic E-state index is 0.0380. The summed E-state index contributed by atoms with van der Waals surface area (Å²) in [6, 6.07) is 0.258. The summed E-state index contributed by atoms with van der Waals surface area (Å²) in [6.45, 7) is 11.1. The second-order valence-electron chi connectivity index (χ2n) is 6.89. The highest BCUT2D eigenvalue weighted by atomic mass is 16.5. The summed E-state index contributed by atoms with van der Waals surface area (Å²) in [5, 5.41) is 3.14. The third kappa shape index (κ3) is 2.69. The van der Waals surface area contributed by atoms with Gasteiger partial charge in [0.05, 0.1) is 0 Å².